The third-order valence-electron chi connectivity index (χ3n) is 3.98. The lowest BCUT2D eigenvalue weighted by atomic mass is 9.94. The summed E-state index contributed by atoms with van der Waals surface area (Å²) in [5, 5.41) is 0. The Labute approximate surface area is 76.1 Å². The fourth-order valence-electron chi connectivity index (χ4n) is 3.35. The third-order valence-corrected chi connectivity index (χ3v) is 3.98. The van der Waals surface area contributed by atoms with Gasteiger partial charge in [0.1, 0.15) is 0 Å². The minimum absolute atomic E-state index is 0.957. The zero-order valence-electron chi connectivity index (χ0n) is 8.42. The largest absolute Gasteiger partial charge is 0.301 e. The quantitative estimate of drug-likeness (QED) is 0.624. The summed E-state index contributed by atoms with van der Waals surface area (Å²) in [7, 11) is 0. The first-order valence-corrected chi connectivity index (χ1v) is 5.59. The first-order chi connectivity index (χ1) is 5.85. The van der Waals surface area contributed by atoms with E-state index < -0.39 is 0 Å². The lowest BCUT2D eigenvalue weighted by Crippen LogP contribution is -2.38. The van der Waals surface area contributed by atoms with Crippen LogP contribution in [0.1, 0.15) is 39.5 Å². The molecule has 0 aromatic rings. The van der Waals surface area contributed by atoms with E-state index in [1.807, 2.05) is 0 Å². The van der Waals surface area contributed by atoms with Crippen molar-refractivity contribution in [2.45, 2.75) is 45.6 Å². The Morgan fingerprint density at radius 3 is 2.25 bits per heavy atom. The molecular weight excluding hydrogens is 146 g/mol. The third kappa shape index (κ3) is 1.28. The van der Waals surface area contributed by atoms with Gasteiger partial charge in [0.25, 0.3) is 0 Å². The number of hydrogen-bond acceptors (Lipinski definition) is 1. The molecule has 12 heavy (non-hydrogen) atoms. The Morgan fingerprint density at radius 2 is 1.83 bits per heavy atom. The molecular formula is C11H21N. The van der Waals surface area contributed by atoms with Gasteiger partial charge < -0.3 is 4.90 Å². The molecule has 0 spiro atoms. The molecule has 2 rings (SSSR count). The fourth-order valence-corrected chi connectivity index (χ4v) is 3.35. The number of nitrogens with zero attached hydrogens (tertiary/aromatic N) is 1. The average Bonchev–Trinajstić information content (AvgIpc) is 2.67. The molecule has 2 fully saturated rings. The molecule has 0 unspecified atom stereocenters. The van der Waals surface area contributed by atoms with E-state index in [4.69, 9.17) is 0 Å². The van der Waals surface area contributed by atoms with Crippen LogP contribution in [0.5, 0.6) is 0 Å². The molecule has 0 aromatic carbocycles. The summed E-state index contributed by atoms with van der Waals surface area (Å²) in [4.78, 5) is 2.67. The standard InChI is InChI=1S/C11H21N/c1-3-12(4-2)11-8-9-5-6-10(11)7-9/h9-11H,3-8H2,1-2H3/t9-,10+,11+/m0/s1. The Balaban J connectivity index is 1.96. The first-order valence-electron chi connectivity index (χ1n) is 5.59. The maximum absolute atomic E-state index is 2.67. The first kappa shape index (κ1) is 8.55. The van der Waals surface area contributed by atoms with Crippen LogP contribution in [0, 0.1) is 11.8 Å². The van der Waals surface area contributed by atoms with E-state index in [0.29, 0.717) is 0 Å². The summed E-state index contributed by atoms with van der Waals surface area (Å²) in [6.45, 7) is 7.11. The Kier molecular flexibility index (Phi) is 2.40. The second kappa shape index (κ2) is 3.37. The summed E-state index contributed by atoms with van der Waals surface area (Å²) in [6.07, 6.45) is 6.10. The van der Waals surface area contributed by atoms with E-state index in [0.717, 1.165) is 17.9 Å². The second-order valence-electron chi connectivity index (χ2n) is 4.46. The highest BCUT2D eigenvalue weighted by Gasteiger charge is 2.41. The van der Waals surface area contributed by atoms with Crippen LogP contribution in [0.3, 0.4) is 0 Å². The SMILES string of the molecule is CCN(CC)[C@@H]1C[C@H]2CC[C@@H]1C2. The molecule has 1 heteroatoms. The van der Waals surface area contributed by atoms with Gasteiger partial charge in [0, 0.05) is 6.04 Å². The van der Waals surface area contributed by atoms with Gasteiger partial charge in [-0.15, -0.1) is 0 Å². The molecule has 0 heterocycles. The molecule has 1 nitrogen and oxygen atoms in total. The zero-order chi connectivity index (χ0) is 8.55. The van der Waals surface area contributed by atoms with E-state index in [-0.39, 0.29) is 0 Å². The van der Waals surface area contributed by atoms with Crippen molar-refractivity contribution in [3.63, 3.8) is 0 Å². The Bertz CT molecular complexity index is 151. The van der Waals surface area contributed by atoms with Crippen LogP contribution in [-0.4, -0.2) is 24.0 Å². The minimum atomic E-state index is 0.957. The van der Waals surface area contributed by atoms with Gasteiger partial charge >= 0.3 is 0 Å². The average molecular weight is 167 g/mol. The molecule has 2 aliphatic rings. The predicted octanol–water partition coefficient (Wildman–Crippen LogP) is 2.52. The van der Waals surface area contributed by atoms with Crippen LogP contribution >= 0.6 is 0 Å². The van der Waals surface area contributed by atoms with Crippen molar-refractivity contribution >= 4 is 0 Å². The van der Waals surface area contributed by atoms with Gasteiger partial charge in [-0.25, -0.2) is 0 Å². The topological polar surface area (TPSA) is 3.24 Å². The molecule has 2 saturated carbocycles. The highest BCUT2D eigenvalue weighted by molar-refractivity contribution is 4.94. The van der Waals surface area contributed by atoms with Crippen molar-refractivity contribution in [2.75, 3.05) is 13.1 Å². The molecule has 0 amide bonds. The molecule has 0 aromatic heterocycles. The molecule has 0 saturated heterocycles. The molecule has 70 valence electrons. The number of rotatable bonds is 3. The van der Waals surface area contributed by atoms with Crippen LogP contribution in [0.4, 0.5) is 0 Å². The van der Waals surface area contributed by atoms with Crippen LogP contribution in [-0.2, 0) is 0 Å². The fraction of sp³-hybridized carbons (Fsp3) is 1.00. The van der Waals surface area contributed by atoms with E-state index in [9.17, 15) is 0 Å². The summed E-state index contributed by atoms with van der Waals surface area (Å²) >= 11 is 0. The zero-order valence-corrected chi connectivity index (χ0v) is 8.42. The van der Waals surface area contributed by atoms with Gasteiger partial charge in [0.05, 0.1) is 0 Å². The maximum Gasteiger partial charge on any atom is 0.0126 e. The maximum atomic E-state index is 2.67. The van der Waals surface area contributed by atoms with Gasteiger partial charge in [0.2, 0.25) is 0 Å². The molecule has 0 radical (unpaired) electrons. The lowest BCUT2D eigenvalue weighted by molar-refractivity contribution is 0.157. The molecule has 2 bridgehead atoms. The number of fused-ring (bicyclic) bond motifs is 2. The summed E-state index contributed by atoms with van der Waals surface area (Å²) in [5.74, 6) is 2.16. The van der Waals surface area contributed by atoms with Crippen molar-refractivity contribution in [3.05, 3.63) is 0 Å². The molecule has 3 atom stereocenters. The van der Waals surface area contributed by atoms with Gasteiger partial charge in [-0.2, -0.15) is 0 Å². The van der Waals surface area contributed by atoms with Gasteiger partial charge in [-0.05, 0) is 44.2 Å². The molecule has 2 aliphatic carbocycles. The van der Waals surface area contributed by atoms with Crippen LogP contribution in [0.25, 0.3) is 0 Å². The van der Waals surface area contributed by atoms with Crippen LogP contribution in [0.15, 0.2) is 0 Å². The minimum Gasteiger partial charge on any atom is -0.301 e. The van der Waals surface area contributed by atoms with Gasteiger partial charge in [0.15, 0.2) is 0 Å². The smallest absolute Gasteiger partial charge is 0.0126 e. The van der Waals surface area contributed by atoms with Crippen molar-refractivity contribution in [2.24, 2.45) is 11.8 Å². The number of hydrogen-bond donors (Lipinski definition) is 0. The van der Waals surface area contributed by atoms with E-state index in [2.05, 4.69) is 18.7 Å². The second-order valence-corrected chi connectivity index (χ2v) is 4.46. The lowest BCUT2D eigenvalue weighted by Gasteiger charge is -2.32. The summed E-state index contributed by atoms with van der Waals surface area (Å²) in [6, 6.07) is 0.957. The summed E-state index contributed by atoms with van der Waals surface area (Å²) in [5.41, 5.74) is 0. The van der Waals surface area contributed by atoms with Crippen molar-refractivity contribution < 1.29 is 0 Å². The van der Waals surface area contributed by atoms with Crippen molar-refractivity contribution in [1.29, 1.82) is 0 Å². The van der Waals surface area contributed by atoms with E-state index >= 15 is 0 Å². The van der Waals surface area contributed by atoms with Gasteiger partial charge in [-0.1, -0.05) is 20.3 Å². The summed E-state index contributed by atoms with van der Waals surface area (Å²) < 4.78 is 0. The predicted molar refractivity (Wildman–Crippen MR) is 52.2 cm³/mol. The van der Waals surface area contributed by atoms with E-state index in [1.165, 1.54) is 32.4 Å². The Morgan fingerprint density at radius 1 is 1.08 bits per heavy atom. The van der Waals surface area contributed by atoms with Crippen LogP contribution < -0.4 is 0 Å². The molecule has 0 aliphatic heterocycles. The normalized spacial score (nSPS) is 39.8. The van der Waals surface area contributed by atoms with Gasteiger partial charge in [-0.3, -0.25) is 0 Å². The van der Waals surface area contributed by atoms with E-state index in [1.54, 1.807) is 6.42 Å². The Hall–Kier alpha value is -0.0400. The van der Waals surface area contributed by atoms with Crippen molar-refractivity contribution in [1.82, 2.24) is 4.90 Å². The highest BCUT2D eigenvalue weighted by Crippen LogP contribution is 2.46. The monoisotopic (exact) mass is 167 g/mol. The van der Waals surface area contributed by atoms with Crippen LogP contribution in [0.2, 0.25) is 0 Å². The molecule has 0 N–H and O–H groups in total. The van der Waals surface area contributed by atoms with Crippen molar-refractivity contribution in [3.8, 4) is 0 Å². The highest BCUT2D eigenvalue weighted by atomic mass is 15.2.